The van der Waals surface area contributed by atoms with Gasteiger partial charge in [-0.25, -0.2) is 0 Å². The van der Waals surface area contributed by atoms with E-state index >= 15 is 0 Å². The molecule has 0 unspecified atom stereocenters. The Balaban J connectivity index is 2.41. The second kappa shape index (κ2) is 4.77. The molecule has 0 amide bonds. The molecule has 12 heavy (non-hydrogen) atoms. The summed E-state index contributed by atoms with van der Waals surface area (Å²) < 4.78 is 6.97. The molecular formula is C8H14N2O2. The lowest BCUT2D eigenvalue weighted by Crippen LogP contribution is -2.01. The van der Waals surface area contributed by atoms with Crippen molar-refractivity contribution in [1.82, 2.24) is 9.78 Å². The molecule has 4 nitrogen and oxygen atoms in total. The molecule has 0 aliphatic heterocycles. The minimum Gasteiger partial charge on any atom is -0.490 e. The summed E-state index contributed by atoms with van der Waals surface area (Å²) in [6.45, 7) is 3.40. The molecule has 4 heteroatoms. The average molecular weight is 170 g/mol. The SMILES string of the molecule is CCCOc1cnn(CCO)c1. The Morgan fingerprint density at radius 2 is 2.50 bits per heavy atom. The third-order valence-corrected chi connectivity index (χ3v) is 1.41. The number of hydrogen-bond acceptors (Lipinski definition) is 3. The van der Waals surface area contributed by atoms with Gasteiger partial charge in [-0.3, -0.25) is 4.68 Å². The van der Waals surface area contributed by atoms with Crippen LogP contribution < -0.4 is 4.74 Å². The van der Waals surface area contributed by atoms with Crippen molar-refractivity contribution < 1.29 is 9.84 Å². The van der Waals surface area contributed by atoms with Gasteiger partial charge in [-0.1, -0.05) is 6.92 Å². The number of aromatic nitrogens is 2. The highest BCUT2D eigenvalue weighted by molar-refractivity contribution is 5.11. The van der Waals surface area contributed by atoms with Crippen LogP contribution in [0.5, 0.6) is 5.75 Å². The molecule has 0 aromatic carbocycles. The Morgan fingerprint density at radius 3 is 3.17 bits per heavy atom. The second-order valence-electron chi connectivity index (χ2n) is 2.51. The zero-order valence-electron chi connectivity index (χ0n) is 7.23. The lowest BCUT2D eigenvalue weighted by Gasteiger charge is -1.98. The molecule has 1 heterocycles. The van der Waals surface area contributed by atoms with Gasteiger partial charge >= 0.3 is 0 Å². The Morgan fingerprint density at radius 1 is 1.67 bits per heavy atom. The molecule has 0 saturated heterocycles. The Labute approximate surface area is 71.8 Å². The molecule has 0 spiro atoms. The summed E-state index contributed by atoms with van der Waals surface area (Å²) in [4.78, 5) is 0. The fraction of sp³-hybridized carbons (Fsp3) is 0.625. The van der Waals surface area contributed by atoms with E-state index in [4.69, 9.17) is 9.84 Å². The Kier molecular flexibility index (Phi) is 3.60. The van der Waals surface area contributed by atoms with Crippen molar-refractivity contribution >= 4 is 0 Å². The van der Waals surface area contributed by atoms with Crippen molar-refractivity contribution in [2.75, 3.05) is 13.2 Å². The Bertz CT molecular complexity index is 223. The van der Waals surface area contributed by atoms with Gasteiger partial charge in [-0.15, -0.1) is 0 Å². The van der Waals surface area contributed by atoms with Gasteiger partial charge in [-0.2, -0.15) is 5.10 Å². The standard InChI is InChI=1S/C8H14N2O2/c1-2-5-12-8-6-9-10(7-8)3-4-11/h6-7,11H,2-5H2,1H3. The Hall–Kier alpha value is -1.03. The number of rotatable bonds is 5. The summed E-state index contributed by atoms with van der Waals surface area (Å²) in [6.07, 6.45) is 4.43. The van der Waals surface area contributed by atoms with Gasteiger partial charge < -0.3 is 9.84 Å². The molecule has 0 radical (unpaired) electrons. The maximum Gasteiger partial charge on any atom is 0.157 e. The predicted octanol–water partition coefficient (Wildman–Crippen LogP) is 0.664. The summed E-state index contributed by atoms with van der Waals surface area (Å²) in [5.41, 5.74) is 0. The maximum absolute atomic E-state index is 8.60. The largest absolute Gasteiger partial charge is 0.490 e. The van der Waals surface area contributed by atoms with Crippen LogP contribution in [0.15, 0.2) is 12.4 Å². The number of aliphatic hydroxyl groups excluding tert-OH is 1. The van der Waals surface area contributed by atoms with Crippen molar-refractivity contribution in [2.24, 2.45) is 0 Å². The second-order valence-corrected chi connectivity index (χ2v) is 2.51. The van der Waals surface area contributed by atoms with Crippen molar-refractivity contribution in [2.45, 2.75) is 19.9 Å². The third-order valence-electron chi connectivity index (χ3n) is 1.41. The minimum absolute atomic E-state index is 0.106. The van der Waals surface area contributed by atoms with Gasteiger partial charge in [0.1, 0.15) is 0 Å². The molecule has 1 N–H and O–H groups in total. The summed E-state index contributed by atoms with van der Waals surface area (Å²) in [6, 6.07) is 0. The van der Waals surface area contributed by atoms with Crippen LogP contribution in [0.4, 0.5) is 0 Å². The lowest BCUT2D eigenvalue weighted by atomic mass is 10.5. The van der Waals surface area contributed by atoms with Crippen molar-refractivity contribution in [1.29, 1.82) is 0 Å². The molecule has 0 saturated carbocycles. The summed E-state index contributed by atoms with van der Waals surface area (Å²) in [5, 5.41) is 12.6. The molecule has 1 aromatic heterocycles. The first-order valence-electron chi connectivity index (χ1n) is 4.13. The van der Waals surface area contributed by atoms with Gasteiger partial charge in [0.25, 0.3) is 0 Å². The maximum atomic E-state index is 8.60. The fourth-order valence-electron chi connectivity index (χ4n) is 0.864. The van der Waals surface area contributed by atoms with Crippen LogP contribution in [0, 0.1) is 0 Å². The number of aliphatic hydroxyl groups is 1. The highest BCUT2D eigenvalue weighted by atomic mass is 16.5. The highest BCUT2D eigenvalue weighted by Crippen LogP contribution is 2.07. The first-order valence-corrected chi connectivity index (χ1v) is 4.13. The molecule has 0 fully saturated rings. The van der Waals surface area contributed by atoms with Gasteiger partial charge in [0, 0.05) is 0 Å². The van der Waals surface area contributed by atoms with Gasteiger partial charge in [0.15, 0.2) is 5.75 Å². The predicted molar refractivity (Wildman–Crippen MR) is 45.1 cm³/mol. The van der Waals surface area contributed by atoms with Crippen molar-refractivity contribution in [3.05, 3.63) is 12.4 Å². The topological polar surface area (TPSA) is 47.3 Å². The van der Waals surface area contributed by atoms with Crippen molar-refractivity contribution in [3.63, 3.8) is 0 Å². The molecular weight excluding hydrogens is 156 g/mol. The van der Waals surface area contributed by atoms with Gasteiger partial charge in [-0.05, 0) is 6.42 Å². The minimum atomic E-state index is 0.106. The van der Waals surface area contributed by atoms with E-state index in [-0.39, 0.29) is 6.61 Å². The fourth-order valence-corrected chi connectivity index (χ4v) is 0.864. The molecule has 68 valence electrons. The van der Waals surface area contributed by atoms with Crippen molar-refractivity contribution in [3.8, 4) is 5.75 Å². The number of ether oxygens (including phenoxy) is 1. The van der Waals surface area contributed by atoms with E-state index < -0.39 is 0 Å². The zero-order valence-corrected chi connectivity index (χ0v) is 7.23. The molecule has 0 bridgehead atoms. The number of nitrogens with zero attached hydrogens (tertiary/aromatic N) is 2. The summed E-state index contributed by atoms with van der Waals surface area (Å²) >= 11 is 0. The van der Waals surface area contributed by atoms with E-state index in [2.05, 4.69) is 12.0 Å². The highest BCUT2D eigenvalue weighted by Gasteiger charge is 1.96. The van der Waals surface area contributed by atoms with Crippen LogP contribution in [-0.4, -0.2) is 28.1 Å². The zero-order chi connectivity index (χ0) is 8.81. The van der Waals surface area contributed by atoms with Crippen LogP contribution in [0.2, 0.25) is 0 Å². The van der Waals surface area contributed by atoms with Crippen LogP contribution in [0.25, 0.3) is 0 Å². The van der Waals surface area contributed by atoms with Gasteiger partial charge in [0.05, 0.1) is 32.2 Å². The van der Waals surface area contributed by atoms with Gasteiger partial charge in [0.2, 0.25) is 0 Å². The van der Waals surface area contributed by atoms with Crippen LogP contribution >= 0.6 is 0 Å². The average Bonchev–Trinajstić information content (AvgIpc) is 2.50. The lowest BCUT2D eigenvalue weighted by molar-refractivity contribution is 0.268. The van der Waals surface area contributed by atoms with E-state index in [0.717, 1.165) is 12.2 Å². The molecule has 0 aliphatic rings. The quantitative estimate of drug-likeness (QED) is 0.706. The van der Waals surface area contributed by atoms with E-state index in [9.17, 15) is 0 Å². The normalized spacial score (nSPS) is 10.2. The molecule has 0 atom stereocenters. The molecule has 1 rings (SSSR count). The first kappa shape index (κ1) is 9.06. The van der Waals surface area contributed by atoms with Crippen LogP contribution in [0.1, 0.15) is 13.3 Å². The summed E-state index contributed by atoms with van der Waals surface area (Å²) in [5.74, 6) is 0.769. The summed E-state index contributed by atoms with van der Waals surface area (Å²) in [7, 11) is 0. The van der Waals surface area contributed by atoms with E-state index in [1.165, 1.54) is 0 Å². The third kappa shape index (κ3) is 2.54. The first-order chi connectivity index (χ1) is 5.86. The number of hydrogen-bond donors (Lipinski definition) is 1. The smallest absolute Gasteiger partial charge is 0.157 e. The molecule has 1 aromatic rings. The van der Waals surface area contributed by atoms with Crippen LogP contribution in [-0.2, 0) is 6.54 Å². The monoisotopic (exact) mass is 170 g/mol. The molecule has 0 aliphatic carbocycles. The van der Waals surface area contributed by atoms with E-state index in [1.807, 2.05) is 0 Å². The van der Waals surface area contributed by atoms with E-state index in [0.29, 0.717) is 13.2 Å². The van der Waals surface area contributed by atoms with Crippen LogP contribution in [0.3, 0.4) is 0 Å². The van der Waals surface area contributed by atoms with E-state index in [1.54, 1.807) is 17.1 Å².